The summed E-state index contributed by atoms with van der Waals surface area (Å²) in [6, 6.07) is 6.04. The van der Waals surface area contributed by atoms with Gasteiger partial charge in [0.05, 0.1) is 17.1 Å². The smallest absolute Gasteiger partial charge is 0.243 e. The first-order chi connectivity index (χ1) is 9.63. The first kappa shape index (κ1) is 13.1. The molecule has 0 aliphatic carbocycles. The van der Waals surface area contributed by atoms with Gasteiger partial charge >= 0.3 is 0 Å². The molecule has 0 spiro atoms. The number of hydrogen-bond acceptors (Lipinski definition) is 5. The van der Waals surface area contributed by atoms with E-state index in [9.17, 15) is 4.79 Å². The Morgan fingerprint density at radius 1 is 1.50 bits per heavy atom. The van der Waals surface area contributed by atoms with E-state index in [1.54, 1.807) is 0 Å². The van der Waals surface area contributed by atoms with Gasteiger partial charge in [-0.15, -0.1) is 5.10 Å². The summed E-state index contributed by atoms with van der Waals surface area (Å²) in [6.45, 7) is 4.46. The minimum Gasteiger partial charge on any atom is -0.373 e. The van der Waals surface area contributed by atoms with Crippen molar-refractivity contribution in [3.63, 3.8) is 0 Å². The molecule has 2 N–H and O–H groups in total. The number of anilines is 1. The predicted octanol–water partition coefficient (Wildman–Crippen LogP) is 1.81. The predicted molar refractivity (Wildman–Crippen MR) is 78.8 cm³/mol. The maximum Gasteiger partial charge on any atom is 0.243 e. The van der Waals surface area contributed by atoms with Crippen molar-refractivity contribution in [3.8, 4) is 0 Å². The zero-order chi connectivity index (χ0) is 14.1. The molecule has 1 amide bonds. The molecule has 1 aliphatic rings. The average molecular weight is 288 g/mol. The van der Waals surface area contributed by atoms with Crippen molar-refractivity contribution in [2.24, 2.45) is 0 Å². The third-order valence-corrected chi connectivity index (χ3v) is 4.32. The van der Waals surface area contributed by atoms with Gasteiger partial charge in [0.15, 0.2) is 0 Å². The molecule has 1 aliphatic heterocycles. The molecule has 0 bridgehead atoms. The number of nitrogens with one attached hydrogen (secondary N) is 2. The monoisotopic (exact) mass is 288 g/mol. The summed E-state index contributed by atoms with van der Waals surface area (Å²) in [5.74, 6) is 0.0200. The van der Waals surface area contributed by atoms with Crippen LogP contribution in [0.3, 0.4) is 0 Å². The van der Waals surface area contributed by atoms with Crippen molar-refractivity contribution >= 4 is 23.1 Å². The van der Waals surface area contributed by atoms with Crippen LogP contribution in [0.1, 0.15) is 21.7 Å². The maximum atomic E-state index is 12.2. The van der Waals surface area contributed by atoms with E-state index in [0.29, 0.717) is 6.54 Å². The van der Waals surface area contributed by atoms with E-state index in [2.05, 4.69) is 39.3 Å². The molecule has 2 aromatic rings. The van der Waals surface area contributed by atoms with Gasteiger partial charge in [0, 0.05) is 12.1 Å². The van der Waals surface area contributed by atoms with Gasteiger partial charge in [-0.3, -0.25) is 4.79 Å². The lowest BCUT2D eigenvalue weighted by Crippen LogP contribution is -2.37. The van der Waals surface area contributed by atoms with E-state index in [-0.39, 0.29) is 11.9 Å². The largest absolute Gasteiger partial charge is 0.373 e. The van der Waals surface area contributed by atoms with Crippen molar-refractivity contribution in [3.05, 3.63) is 39.9 Å². The topological polar surface area (TPSA) is 66.9 Å². The van der Waals surface area contributed by atoms with Crippen LogP contribution in [-0.2, 0) is 17.8 Å². The molecule has 104 valence electrons. The number of hydrogen-bond donors (Lipinski definition) is 2. The van der Waals surface area contributed by atoms with Gasteiger partial charge < -0.3 is 10.6 Å². The second kappa shape index (κ2) is 5.20. The van der Waals surface area contributed by atoms with E-state index in [1.807, 2.05) is 13.0 Å². The third-order valence-electron chi connectivity index (χ3n) is 3.50. The lowest BCUT2D eigenvalue weighted by molar-refractivity contribution is -0.121. The number of fused-ring (bicyclic) bond motifs is 1. The molecular weight excluding hydrogens is 272 g/mol. The zero-order valence-electron chi connectivity index (χ0n) is 11.4. The van der Waals surface area contributed by atoms with Gasteiger partial charge in [0.1, 0.15) is 6.04 Å². The number of aryl methyl sites for hydroxylation is 2. The SMILES string of the molecule is Cc1ccc2c(c1)CC(C(=O)NCc1snnc1C)N2. The van der Waals surface area contributed by atoms with Gasteiger partial charge in [0.25, 0.3) is 0 Å². The summed E-state index contributed by atoms with van der Waals surface area (Å²) in [5, 5.41) is 10.1. The number of benzene rings is 1. The average Bonchev–Trinajstić information content (AvgIpc) is 3.01. The summed E-state index contributed by atoms with van der Waals surface area (Å²) >= 11 is 1.33. The van der Waals surface area contributed by atoms with Crippen molar-refractivity contribution in [2.45, 2.75) is 32.9 Å². The number of aromatic nitrogens is 2. The van der Waals surface area contributed by atoms with Gasteiger partial charge in [0.2, 0.25) is 5.91 Å². The third kappa shape index (κ3) is 2.51. The highest BCUT2D eigenvalue weighted by atomic mass is 32.1. The summed E-state index contributed by atoms with van der Waals surface area (Å²) < 4.78 is 3.86. The molecule has 2 heterocycles. The number of rotatable bonds is 3. The van der Waals surface area contributed by atoms with E-state index in [0.717, 1.165) is 22.7 Å². The van der Waals surface area contributed by atoms with Crippen LogP contribution < -0.4 is 10.6 Å². The molecule has 5 nitrogen and oxygen atoms in total. The summed E-state index contributed by atoms with van der Waals surface area (Å²) in [7, 11) is 0. The number of carbonyl (C=O) groups excluding carboxylic acids is 1. The number of nitrogens with zero attached hydrogens (tertiary/aromatic N) is 2. The fraction of sp³-hybridized carbons (Fsp3) is 0.357. The number of carbonyl (C=O) groups is 1. The highest BCUT2D eigenvalue weighted by molar-refractivity contribution is 7.05. The van der Waals surface area contributed by atoms with Gasteiger partial charge in [-0.25, -0.2) is 0 Å². The van der Waals surface area contributed by atoms with Gasteiger partial charge in [-0.05, 0) is 37.0 Å². The summed E-state index contributed by atoms with van der Waals surface area (Å²) in [4.78, 5) is 13.2. The molecule has 6 heteroatoms. The van der Waals surface area contributed by atoms with Crippen molar-refractivity contribution in [1.82, 2.24) is 14.9 Å². The minimum absolute atomic E-state index is 0.0200. The lowest BCUT2D eigenvalue weighted by atomic mass is 10.1. The Morgan fingerprint density at radius 3 is 3.10 bits per heavy atom. The molecule has 1 atom stereocenters. The maximum absolute atomic E-state index is 12.2. The second-order valence-corrected chi connectivity index (χ2v) is 5.90. The van der Waals surface area contributed by atoms with Crippen LogP contribution in [-0.4, -0.2) is 21.5 Å². The summed E-state index contributed by atoms with van der Waals surface area (Å²) in [5.41, 5.74) is 4.37. The van der Waals surface area contributed by atoms with Crippen LogP contribution in [0.15, 0.2) is 18.2 Å². The molecular formula is C14H16N4OS. The highest BCUT2D eigenvalue weighted by Crippen LogP contribution is 2.26. The Kier molecular flexibility index (Phi) is 3.40. The molecule has 1 aromatic heterocycles. The molecule has 0 radical (unpaired) electrons. The quantitative estimate of drug-likeness (QED) is 0.904. The van der Waals surface area contributed by atoms with E-state index in [4.69, 9.17) is 0 Å². The van der Waals surface area contributed by atoms with Crippen LogP contribution in [0.25, 0.3) is 0 Å². The van der Waals surface area contributed by atoms with Crippen LogP contribution in [0, 0.1) is 13.8 Å². The first-order valence-electron chi connectivity index (χ1n) is 6.55. The standard InChI is InChI=1S/C14H16N4OS/c1-8-3-4-11-10(5-8)6-12(16-11)14(19)15-7-13-9(2)17-18-20-13/h3-5,12,16H,6-7H2,1-2H3,(H,15,19). The van der Waals surface area contributed by atoms with Crippen LogP contribution >= 0.6 is 11.5 Å². The Morgan fingerprint density at radius 2 is 2.35 bits per heavy atom. The van der Waals surface area contributed by atoms with Crippen LogP contribution in [0.4, 0.5) is 5.69 Å². The van der Waals surface area contributed by atoms with E-state index < -0.39 is 0 Å². The van der Waals surface area contributed by atoms with E-state index in [1.165, 1.54) is 22.7 Å². The first-order valence-corrected chi connectivity index (χ1v) is 7.32. The van der Waals surface area contributed by atoms with Crippen molar-refractivity contribution in [2.75, 3.05) is 5.32 Å². The molecule has 3 rings (SSSR count). The minimum atomic E-state index is -0.187. The molecule has 1 unspecified atom stereocenters. The van der Waals surface area contributed by atoms with Crippen LogP contribution in [0.5, 0.6) is 0 Å². The molecule has 1 aromatic carbocycles. The zero-order valence-corrected chi connectivity index (χ0v) is 12.3. The molecule has 0 saturated carbocycles. The Labute approximate surface area is 121 Å². The highest BCUT2D eigenvalue weighted by Gasteiger charge is 2.26. The Bertz CT molecular complexity index is 652. The fourth-order valence-electron chi connectivity index (χ4n) is 2.35. The lowest BCUT2D eigenvalue weighted by Gasteiger charge is -2.11. The van der Waals surface area contributed by atoms with Crippen molar-refractivity contribution in [1.29, 1.82) is 0 Å². The molecule has 0 saturated heterocycles. The normalized spacial score (nSPS) is 16.6. The fourth-order valence-corrected chi connectivity index (χ4v) is 2.92. The Balaban J connectivity index is 1.61. The van der Waals surface area contributed by atoms with Gasteiger partial charge in [-0.1, -0.05) is 22.2 Å². The summed E-state index contributed by atoms with van der Waals surface area (Å²) in [6.07, 6.45) is 0.739. The molecule has 0 fully saturated rings. The molecule has 20 heavy (non-hydrogen) atoms. The Hall–Kier alpha value is -1.95. The van der Waals surface area contributed by atoms with E-state index >= 15 is 0 Å². The van der Waals surface area contributed by atoms with Crippen LogP contribution in [0.2, 0.25) is 0 Å². The second-order valence-electron chi connectivity index (χ2n) is 5.06. The number of amides is 1. The van der Waals surface area contributed by atoms with Crippen molar-refractivity contribution < 1.29 is 4.79 Å². The van der Waals surface area contributed by atoms with Gasteiger partial charge in [-0.2, -0.15) is 0 Å².